The van der Waals surface area contributed by atoms with Crippen LogP contribution in [0.5, 0.6) is 0 Å². The first-order valence-electron chi connectivity index (χ1n) is 6.50. The number of nitrogens with one attached hydrogen (secondary N) is 1. The second-order valence-electron chi connectivity index (χ2n) is 4.59. The molecule has 4 nitrogen and oxygen atoms in total. The number of nitrogens with zero attached hydrogens (tertiary/aromatic N) is 2. The van der Waals surface area contributed by atoms with Gasteiger partial charge in [-0.05, 0) is 31.2 Å². The molecule has 0 aliphatic carbocycles. The van der Waals surface area contributed by atoms with E-state index in [2.05, 4.69) is 15.2 Å². The third-order valence-electron chi connectivity index (χ3n) is 3.31. The van der Waals surface area contributed by atoms with E-state index >= 15 is 0 Å². The van der Waals surface area contributed by atoms with Gasteiger partial charge in [0.15, 0.2) is 0 Å². The number of hydrogen-bond donors (Lipinski definition) is 1. The summed E-state index contributed by atoms with van der Waals surface area (Å²) in [5.74, 6) is 0.325. The molecular formula is C14H16FN3O. The van der Waals surface area contributed by atoms with Crippen LogP contribution in [-0.4, -0.2) is 31.2 Å². The first kappa shape index (κ1) is 12.2. The smallest absolute Gasteiger partial charge is 0.225 e. The molecule has 0 radical (unpaired) electrons. The summed E-state index contributed by atoms with van der Waals surface area (Å²) in [5.41, 5.74) is 1.43. The van der Waals surface area contributed by atoms with Crippen LogP contribution in [0.4, 0.5) is 10.1 Å². The van der Waals surface area contributed by atoms with Gasteiger partial charge in [-0.25, -0.2) is 9.37 Å². The maximum absolute atomic E-state index is 14.0. The Labute approximate surface area is 111 Å². The molecule has 1 saturated heterocycles. The van der Waals surface area contributed by atoms with Crippen molar-refractivity contribution >= 4 is 5.69 Å². The van der Waals surface area contributed by atoms with Crippen molar-refractivity contribution in [3.8, 4) is 11.5 Å². The van der Waals surface area contributed by atoms with Crippen molar-refractivity contribution in [1.82, 2.24) is 10.3 Å². The van der Waals surface area contributed by atoms with Crippen LogP contribution in [0.2, 0.25) is 0 Å². The fraction of sp³-hybridized carbons (Fsp3) is 0.357. The second kappa shape index (κ2) is 5.40. The molecule has 0 atom stereocenters. The van der Waals surface area contributed by atoms with E-state index in [0.29, 0.717) is 11.6 Å². The Bertz CT molecular complexity index is 534. The van der Waals surface area contributed by atoms with Crippen molar-refractivity contribution < 1.29 is 8.81 Å². The van der Waals surface area contributed by atoms with E-state index in [1.165, 1.54) is 12.3 Å². The van der Waals surface area contributed by atoms with Gasteiger partial charge in [-0.1, -0.05) is 0 Å². The molecule has 19 heavy (non-hydrogen) atoms. The van der Waals surface area contributed by atoms with E-state index in [-0.39, 0.29) is 5.82 Å². The highest BCUT2D eigenvalue weighted by atomic mass is 19.1. The molecule has 0 bridgehead atoms. The number of halogens is 1. The maximum atomic E-state index is 14.0. The summed E-state index contributed by atoms with van der Waals surface area (Å²) in [7, 11) is 0. The summed E-state index contributed by atoms with van der Waals surface area (Å²) in [6.45, 7) is 3.53. The average Bonchev–Trinajstić information content (AvgIpc) is 2.82. The van der Waals surface area contributed by atoms with Crippen LogP contribution < -0.4 is 10.2 Å². The molecule has 1 aliphatic heterocycles. The predicted octanol–water partition coefficient (Wildman–Crippen LogP) is 2.28. The average molecular weight is 261 g/mol. The number of oxazole rings is 1. The topological polar surface area (TPSA) is 41.3 Å². The van der Waals surface area contributed by atoms with Crippen molar-refractivity contribution in [2.24, 2.45) is 0 Å². The van der Waals surface area contributed by atoms with Gasteiger partial charge >= 0.3 is 0 Å². The SMILES string of the molecule is Fc1ccc(-c2ncco2)cc1N1CCCNCC1. The quantitative estimate of drug-likeness (QED) is 0.900. The Morgan fingerprint density at radius 2 is 2.21 bits per heavy atom. The fourth-order valence-corrected chi connectivity index (χ4v) is 2.34. The number of aromatic nitrogens is 1. The third-order valence-corrected chi connectivity index (χ3v) is 3.31. The van der Waals surface area contributed by atoms with E-state index in [0.717, 1.165) is 38.2 Å². The molecule has 0 amide bonds. The van der Waals surface area contributed by atoms with Gasteiger partial charge in [0.05, 0.1) is 11.9 Å². The Balaban J connectivity index is 1.93. The Kier molecular flexibility index (Phi) is 3.46. The Morgan fingerprint density at radius 3 is 3.05 bits per heavy atom. The van der Waals surface area contributed by atoms with Crippen LogP contribution >= 0.6 is 0 Å². The van der Waals surface area contributed by atoms with Gasteiger partial charge in [0.2, 0.25) is 5.89 Å². The minimum absolute atomic E-state index is 0.197. The Hall–Kier alpha value is -1.88. The molecule has 2 aromatic rings. The molecule has 100 valence electrons. The molecule has 0 saturated carbocycles. The fourth-order valence-electron chi connectivity index (χ4n) is 2.34. The molecule has 1 N–H and O–H groups in total. The summed E-state index contributed by atoms with van der Waals surface area (Å²) >= 11 is 0. The van der Waals surface area contributed by atoms with Crippen molar-refractivity contribution in [2.75, 3.05) is 31.1 Å². The van der Waals surface area contributed by atoms with Gasteiger partial charge in [0, 0.05) is 25.2 Å². The summed E-state index contributed by atoms with van der Waals surface area (Å²) in [6.07, 6.45) is 4.13. The molecular weight excluding hydrogens is 245 g/mol. The van der Waals surface area contributed by atoms with Crippen molar-refractivity contribution in [3.05, 3.63) is 36.5 Å². The van der Waals surface area contributed by atoms with Gasteiger partial charge in [-0.15, -0.1) is 0 Å². The summed E-state index contributed by atoms with van der Waals surface area (Å²) < 4.78 is 19.3. The van der Waals surface area contributed by atoms with Gasteiger partial charge in [-0.2, -0.15) is 0 Å². The van der Waals surface area contributed by atoms with Crippen molar-refractivity contribution in [3.63, 3.8) is 0 Å². The van der Waals surface area contributed by atoms with Crippen molar-refractivity contribution in [1.29, 1.82) is 0 Å². The van der Waals surface area contributed by atoms with Crippen LogP contribution in [0.3, 0.4) is 0 Å². The monoisotopic (exact) mass is 261 g/mol. The van der Waals surface area contributed by atoms with E-state index in [1.807, 2.05) is 6.07 Å². The normalized spacial score (nSPS) is 16.4. The summed E-state index contributed by atoms with van der Waals surface area (Å²) in [5, 5.41) is 3.31. The molecule has 1 aromatic carbocycles. The minimum Gasteiger partial charge on any atom is -0.445 e. The molecule has 0 unspecified atom stereocenters. The zero-order valence-corrected chi connectivity index (χ0v) is 10.6. The van der Waals surface area contributed by atoms with Gasteiger partial charge in [0.1, 0.15) is 12.1 Å². The Morgan fingerprint density at radius 1 is 1.26 bits per heavy atom. The number of benzene rings is 1. The largest absolute Gasteiger partial charge is 0.445 e. The molecule has 1 aliphatic rings. The molecule has 0 spiro atoms. The number of rotatable bonds is 2. The molecule has 5 heteroatoms. The maximum Gasteiger partial charge on any atom is 0.225 e. The second-order valence-corrected chi connectivity index (χ2v) is 4.59. The van der Waals surface area contributed by atoms with Crippen LogP contribution in [-0.2, 0) is 0 Å². The van der Waals surface area contributed by atoms with Crippen molar-refractivity contribution in [2.45, 2.75) is 6.42 Å². The van der Waals surface area contributed by atoms with E-state index in [9.17, 15) is 4.39 Å². The summed E-state index contributed by atoms with van der Waals surface area (Å²) in [4.78, 5) is 6.17. The molecule has 1 aromatic heterocycles. The van der Waals surface area contributed by atoms with Crippen LogP contribution in [0.25, 0.3) is 11.5 Å². The third kappa shape index (κ3) is 2.61. The zero-order chi connectivity index (χ0) is 13.1. The highest BCUT2D eigenvalue weighted by Crippen LogP contribution is 2.26. The first-order chi connectivity index (χ1) is 9.34. The minimum atomic E-state index is -0.197. The van der Waals surface area contributed by atoms with Crippen LogP contribution in [0.15, 0.2) is 35.1 Å². The standard InChI is InChI=1S/C14H16FN3O/c15-12-3-2-11(14-17-6-9-19-14)10-13(12)18-7-1-4-16-5-8-18/h2-3,6,9-10,16H,1,4-5,7-8H2. The number of hydrogen-bond acceptors (Lipinski definition) is 4. The lowest BCUT2D eigenvalue weighted by molar-refractivity contribution is 0.573. The van der Waals surface area contributed by atoms with Crippen LogP contribution in [0.1, 0.15) is 6.42 Å². The van der Waals surface area contributed by atoms with E-state index < -0.39 is 0 Å². The number of anilines is 1. The van der Waals surface area contributed by atoms with Gasteiger partial charge in [-0.3, -0.25) is 0 Å². The highest BCUT2D eigenvalue weighted by Gasteiger charge is 2.15. The first-order valence-corrected chi connectivity index (χ1v) is 6.50. The lowest BCUT2D eigenvalue weighted by atomic mass is 10.1. The van der Waals surface area contributed by atoms with Gasteiger partial charge < -0.3 is 14.6 Å². The highest BCUT2D eigenvalue weighted by molar-refractivity contribution is 5.62. The van der Waals surface area contributed by atoms with Gasteiger partial charge in [0.25, 0.3) is 0 Å². The molecule has 2 heterocycles. The predicted molar refractivity (Wildman–Crippen MR) is 71.6 cm³/mol. The molecule has 1 fully saturated rings. The lowest BCUT2D eigenvalue weighted by Gasteiger charge is -2.23. The lowest BCUT2D eigenvalue weighted by Crippen LogP contribution is -2.28. The summed E-state index contributed by atoms with van der Waals surface area (Å²) in [6, 6.07) is 4.99. The zero-order valence-electron chi connectivity index (χ0n) is 10.6. The van der Waals surface area contributed by atoms with Crippen LogP contribution in [0, 0.1) is 5.82 Å². The van der Waals surface area contributed by atoms with E-state index in [1.54, 1.807) is 12.3 Å². The molecule has 3 rings (SSSR count). The van der Waals surface area contributed by atoms with E-state index in [4.69, 9.17) is 4.42 Å².